The van der Waals surface area contributed by atoms with Crippen LogP contribution in [0.25, 0.3) is 0 Å². The molecule has 0 saturated carbocycles. The highest BCUT2D eigenvalue weighted by Crippen LogP contribution is 2.11. The molecule has 0 aromatic rings. The number of alkyl halides is 1. The summed E-state index contributed by atoms with van der Waals surface area (Å²) in [4.78, 5) is 0. The molecule has 0 aromatic carbocycles. The lowest BCUT2D eigenvalue weighted by Gasteiger charge is -2.01. The van der Waals surface area contributed by atoms with Gasteiger partial charge in [-0.15, -0.1) is 0 Å². The molecule has 0 fully saturated rings. The lowest BCUT2D eigenvalue weighted by molar-refractivity contribution is 0.606. The van der Waals surface area contributed by atoms with Crippen LogP contribution in [0.2, 0.25) is 0 Å². The lowest BCUT2D eigenvalue weighted by Crippen LogP contribution is -1.82. The molecule has 0 spiro atoms. The Balaban J connectivity index is 3.18. The molecule has 0 radical (unpaired) electrons. The first kappa shape index (κ1) is 14.2. The van der Waals surface area contributed by atoms with E-state index in [0.29, 0.717) is 0 Å². The van der Waals surface area contributed by atoms with Crippen molar-refractivity contribution in [2.45, 2.75) is 65.2 Å². The molecule has 0 nitrogen and oxygen atoms in total. The zero-order chi connectivity index (χ0) is 10.6. The Hall–Kier alpha value is 0.220. The largest absolute Gasteiger partial charge is 0.0925 e. The van der Waals surface area contributed by atoms with Crippen LogP contribution in [0.4, 0.5) is 0 Å². The molecular weight excluding hydrogens is 236 g/mol. The van der Waals surface area contributed by atoms with Gasteiger partial charge in [0.25, 0.3) is 0 Å². The minimum Gasteiger partial charge on any atom is -0.0925 e. The third-order valence-corrected chi connectivity index (χ3v) is 2.98. The molecule has 0 rings (SSSR count). The maximum Gasteiger partial charge on any atom is 0.00660 e. The summed E-state index contributed by atoms with van der Waals surface area (Å²) in [5.74, 6) is 0. The van der Waals surface area contributed by atoms with Crippen molar-refractivity contribution in [3.8, 4) is 0 Å². The van der Waals surface area contributed by atoms with E-state index in [1.165, 1.54) is 51.4 Å². The summed E-state index contributed by atoms with van der Waals surface area (Å²) >= 11 is 3.44. The van der Waals surface area contributed by atoms with Crippen molar-refractivity contribution in [1.29, 1.82) is 0 Å². The minimum absolute atomic E-state index is 1.10. The minimum atomic E-state index is 1.10. The fraction of sp³-hybridized carbons (Fsp3) is 0.846. The molecule has 0 aliphatic heterocycles. The standard InChI is InChI=1S/C13H25Br/c1-3-4-5-6-7-8-10-13(2)11-9-12-14/h11H,3-10,12H2,1-2H3. The van der Waals surface area contributed by atoms with Gasteiger partial charge in [0.1, 0.15) is 0 Å². The first-order chi connectivity index (χ1) is 6.81. The van der Waals surface area contributed by atoms with E-state index >= 15 is 0 Å². The molecule has 84 valence electrons. The second-order valence-electron chi connectivity index (χ2n) is 4.05. The monoisotopic (exact) mass is 260 g/mol. The van der Waals surface area contributed by atoms with Gasteiger partial charge in [-0.05, 0) is 26.2 Å². The SMILES string of the molecule is CCCCCCCCC(C)=CCCBr. The smallest absolute Gasteiger partial charge is 0.00660 e. The topological polar surface area (TPSA) is 0 Å². The van der Waals surface area contributed by atoms with Crippen LogP contribution in [0.1, 0.15) is 65.2 Å². The van der Waals surface area contributed by atoms with Crippen molar-refractivity contribution in [3.63, 3.8) is 0 Å². The van der Waals surface area contributed by atoms with Gasteiger partial charge in [0.2, 0.25) is 0 Å². The summed E-state index contributed by atoms with van der Waals surface area (Å²) in [5, 5.41) is 1.10. The highest BCUT2D eigenvalue weighted by atomic mass is 79.9. The molecule has 0 atom stereocenters. The Morgan fingerprint density at radius 3 is 2.36 bits per heavy atom. The van der Waals surface area contributed by atoms with Crippen molar-refractivity contribution in [2.75, 3.05) is 5.33 Å². The van der Waals surface area contributed by atoms with Crippen LogP contribution in [0.5, 0.6) is 0 Å². The van der Waals surface area contributed by atoms with Crippen molar-refractivity contribution in [2.24, 2.45) is 0 Å². The number of rotatable bonds is 9. The molecule has 1 heteroatoms. The Kier molecular flexibility index (Phi) is 11.5. The summed E-state index contributed by atoms with van der Waals surface area (Å²) in [6, 6.07) is 0. The summed E-state index contributed by atoms with van der Waals surface area (Å²) in [6.45, 7) is 4.53. The Labute approximate surface area is 98.3 Å². The number of allylic oxidation sites excluding steroid dienone is 2. The van der Waals surface area contributed by atoms with E-state index in [4.69, 9.17) is 0 Å². The van der Waals surface area contributed by atoms with Gasteiger partial charge in [0.15, 0.2) is 0 Å². The highest BCUT2D eigenvalue weighted by Gasteiger charge is 1.92. The molecule has 0 N–H and O–H groups in total. The van der Waals surface area contributed by atoms with Crippen molar-refractivity contribution in [3.05, 3.63) is 11.6 Å². The summed E-state index contributed by atoms with van der Waals surface area (Å²) in [7, 11) is 0. The van der Waals surface area contributed by atoms with E-state index in [1.54, 1.807) is 5.57 Å². The third kappa shape index (κ3) is 10.3. The van der Waals surface area contributed by atoms with E-state index in [1.807, 2.05) is 0 Å². The molecule has 0 bridgehead atoms. The number of unbranched alkanes of at least 4 members (excludes halogenated alkanes) is 5. The zero-order valence-corrected chi connectivity index (χ0v) is 11.4. The lowest BCUT2D eigenvalue weighted by atomic mass is 10.1. The van der Waals surface area contributed by atoms with Gasteiger partial charge in [0.05, 0.1) is 0 Å². The van der Waals surface area contributed by atoms with Crippen LogP contribution in [0.15, 0.2) is 11.6 Å². The fourth-order valence-electron chi connectivity index (χ4n) is 1.59. The molecule has 0 unspecified atom stereocenters. The van der Waals surface area contributed by atoms with Crippen molar-refractivity contribution >= 4 is 15.9 Å². The third-order valence-electron chi connectivity index (χ3n) is 2.53. The van der Waals surface area contributed by atoms with E-state index in [-0.39, 0.29) is 0 Å². The summed E-state index contributed by atoms with van der Waals surface area (Å²) < 4.78 is 0. The highest BCUT2D eigenvalue weighted by molar-refractivity contribution is 9.09. The number of hydrogen-bond acceptors (Lipinski definition) is 0. The van der Waals surface area contributed by atoms with Gasteiger partial charge < -0.3 is 0 Å². The van der Waals surface area contributed by atoms with Gasteiger partial charge in [-0.3, -0.25) is 0 Å². The fourth-order valence-corrected chi connectivity index (χ4v) is 1.82. The van der Waals surface area contributed by atoms with E-state index < -0.39 is 0 Å². The van der Waals surface area contributed by atoms with E-state index in [2.05, 4.69) is 35.9 Å². The molecule has 0 heterocycles. The van der Waals surface area contributed by atoms with Gasteiger partial charge in [-0.1, -0.05) is 66.6 Å². The van der Waals surface area contributed by atoms with Crippen LogP contribution < -0.4 is 0 Å². The first-order valence-electron chi connectivity index (χ1n) is 6.02. The van der Waals surface area contributed by atoms with Crippen LogP contribution in [0.3, 0.4) is 0 Å². The second-order valence-corrected chi connectivity index (χ2v) is 4.84. The van der Waals surface area contributed by atoms with Crippen LogP contribution in [0, 0.1) is 0 Å². The van der Waals surface area contributed by atoms with Crippen molar-refractivity contribution < 1.29 is 0 Å². The maximum atomic E-state index is 3.44. The van der Waals surface area contributed by atoms with Crippen LogP contribution in [-0.4, -0.2) is 5.33 Å². The molecular formula is C13H25Br. The average molecular weight is 261 g/mol. The Morgan fingerprint density at radius 2 is 1.71 bits per heavy atom. The summed E-state index contributed by atoms with van der Waals surface area (Å²) in [6.07, 6.45) is 13.3. The molecule has 0 aromatic heterocycles. The van der Waals surface area contributed by atoms with Crippen LogP contribution in [-0.2, 0) is 0 Å². The Bertz CT molecular complexity index is 138. The van der Waals surface area contributed by atoms with Crippen LogP contribution >= 0.6 is 15.9 Å². The average Bonchev–Trinajstić information content (AvgIpc) is 2.20. The molecule has 14 heavy (non-hydrogen) atoms. The quantitative estimate of drug-likeness (QED) is 0.293. The van der Waals surface area contributed by atoms with Gasteiger partial charge in [-0.25, -0.2) is 0 Å². The predicted octanol–water partition coefficient (Wildman–Crippen LogP) is 5.47. The van der Waals surface area contributed by atoms with Gasteiger partial charge >= 0.3 is 0 Å². The van der Waals surface area contributed by atoms with Gasteiger partial charge in [0, 0.05) is 5.33 Å². The Morgan fingerprint density at radius 1 is 1.07 bits per heavy atom. The molecule has 0 aliphatic rings. The molecule has 0 aliphatic carbocycles. The molecule has 0 amide bonds. The number of hydrogen-bond donors (Lipinski definition) is 0. The summed E-state index contributed by atoms with van der Waals surface area (Å²) in [5.41, 5.74) is 1.57. The van der Waals surface area contributed by atoms with Crippen molar-refractivity contribution in [1.82, 2.24) is 0 Å². The van der Waals surface area contributed by atoms with E-state index in [9.17, 15) is 0 Å². The van der Waals surface area contributed by atoms with E-state index in [0.717, 1.165) is 5.33 Å². The molecule has 0 saturated heterocycles. The first-order valence-corrected chi connectivity index (χ1v) is 7.15. The maximum absolute atomic E-state index is 3.44. The zero-order valence-electron chi connectivity index (χ0n) is 9.82. The normalized spacial score (nSPS) is 12.1. The van der Waals surface area contributed by atoms with Gasteiger partial charge in [-0.2, -0.15) is 0 Å². The second kappa shape index (κ2) is 11.3. The number of halogens is 1. The predicted molar refractivity (Wildman–Crippen MR) is 70.2 cm³/mol.